The molecule has 0 spiro atoms. The number of nitrogens with two attached hydrogens (primary N) is 1. The fourth-order valence-electron chi connectivity index (χ4n) is 1.43. The molecule has 0 bridgehead atoms. The first-order chi connectivity index (χ1) is 8.10. The highest BCUT2D eigenvalue weighted by Crippen LogP contribution is 2.07. The highest BCUT2D eigenvalue weighted by Gasteiger charge is 2.19. The maximum absolute atomic E-state index is 11.9. The first-order valence-electron chi connectivity index (χ1n) is 5.59. The van der Waals surface area contributed by atoms with Gasteiger partial charge in [-0.25, -0.2) is 4.72 Å². The van der Waals surface area contributed by atoms with Crippen LogP contribution < -0.4 is 10.5 Å². The number of benzene rings is 1. The van der Waals surface area contributed by atoms with Crippen molar-refractivity contribution in [2.24, 2.45) is 5.73 Å². The minimum absolute atomic E-state index is 0.258. The van der Waals surface area contributed by atoms with E-state index in [9.17, 15) is 8.42 Å². The fourth-order valence-corrected chi connectivity index (χ4v) is 2.65. The largest absolute Gasteiger partial charge is 0.329 e. The van der Waals surface area contributed by atoms with Crippen LogP contribution in [0.5, 0.6) is 0 Å². The van der Waals surface area contributed by atoms with Gasteiger partial charge in [-0.2, -0.15) is 12.7 Å². The van der Waals surface area contributed by atoms with E-state index in [4.69, 9.17) is 5.73 Å². The van der Waals surface area contributed by atoms with E-state index in [0.717, 1.165) is 5.56 Å². The summed E-state index contributed by atoms with van der Waals surface area (Å²) in [5.41, 5.74) is 6.25. The van der Waals surface area contributed by atoms with Crippen LogP contribution in [-0.2, 0) is 16.8 Å². The second-order valence-corrected chi connectivity index (χ2v) is 5.36. The predicted molar refractivity (Wildman–Crippen MR) is 68.5 cm³/mol. The van der Waals surface area contributed by atoms with Gasteiger partial charge in [0.15, 0.2) is 0 Å². The summed E-state index contributed by atoms with van der Waals surface area (Å²) >= 11 is 0. The summed E-state index contributed by atoms with van der Waals surface area (Å²) in [5, 5.41) is 0. The van der Waals surface area contributed by atoms with Crippen molar-refractivity contribution in [1.29, 1.82) is 0 Å². The van der Waals surface area contributed by atoms with Gasteiger partial charge in [0.1, 0.15) is 0 Å². The van der Waals surface area contributed by atoms with Gasteiger partial charge in [0.05, 0.1) is 0 Å². The number of nitrogens with zero attached hydrogens (tertiary/aromatic N) is 1. The summed E-state index contributed by atoms with van der Waals surface area (Å²) in [6.45, 7) is 3.16. The second kappa shape index (κ2) is 6.70. The summed E-state index contributed by atoms with van der Waals surface area (Å²) in [6, 6.07) is 9.50. The lowest BCUT2D eigenvalue weighted by Gasteiger charge is -2.20. The van der Waals surface area contributed by atoms with Crippen molar-refractivity contribution in [2.75, 3.05) is 19.6 Å². The third-order valence-corrected chi connectivity index (χ3v) is 3.96. The Morgan fingerprint density at radius 2 is 1.94 bits per heavy atom. The zero-order valence-corrected chi connectivity index (χ0v) is 10.8. The molecule has 96 valence electrons. The van der Waals surface area contributed by atoms with E-state index in [0.29, 0.717) is 19.6 Å². The molecule has 0 aliphatic rings. The van der Waals surface area contributed by atoms with E-state index in [-0.39, 0.29) is 6.54 Å². The van der Waals surface area contributed by atoms with Crippen molar-refractivity contribution in [2.45, 2.75) is 13.5 Å². The van der Waals surface area contributed by atoms with Gasteiger partial charge in [-0.1, -0.05) is 37.3 Å². The molecular weight excluding hydrogens is 238 g/mol. The van der Waals surface area contributed by atoms with Crippen LogP contribution in [-0.4, -0.2) is 32.4 Å². The Labute approximate surface area is 103 Å². The van der Waals surface area contributed by atoms with Crippen LogP contribution in [0.2, 0.25) is 0 Å². The molecule has 1 rings (SSSR count). The average Bonchev–Trinajstić information content (AvgIpc) is 2.34. The lowest BCUT2D eigenvalue weighted by molar-refractivity contribution is 0.415. The minimum Gasteiger partial charge on any atom is -0.329 e. The number of hydrogen-bond donors (Lipinski definition) is 2. The molecule has 0 radical (unpaired) electrons. The van der Waals surface area contributed by atoms with Crippen LogP contribution in [0, 0.1) is 0 Å². The normalized spacial score (nSPS) is 11.9. The zero-order valence-electron chi connectivity index (χ0n) is 9.96. The molecule has 6 heteroatoms. The van der Waals surface area contributed by atoms with Crippen LogP contribution in [0.1, 0.15) is 12.5 Å². The molecule has 0 unspecified atom stereocenters. The molecule has 0 saturated heterocycles. The predicted octanol–water partition coefficient (Wildman–Crippen LogP) is 0.302. The maximum Gasteiger partial charge on any atom is 0.279 e. The van der Waals surface area contributed by atoms with E-state index in [1.54, 1.807) is 0 Å². The number of rotatable bonds is 7. The van der Waals surface area contributed by atoms with Gasteiger partial charge in [0.25, 0.3) is 10.2 Å². The number of hydrogen-bond acceptors (Lipinski definition) is 3. The Bertz CT molecular complexity index is 420. The SMILES string of the molecule is CCN(Cc1ccccc1)S(=O)(=O)NCCN. The van der Waals surface area contributed by atoms with Crippen molar-refractivity contribution < 1.29 is 8.42 Å². The molecule has 0 aliphatic carbocycles. The van der Waals surface area contributed by atoms with Crippen molar-refractivity contribution in [1.82, 2.24) is 9.03 Å². The quantitative estimate of drug-likeness (QED) is 0.738. The van der Waals surface area contributed by atoms with E-state index in [2.05, 4.69) is 4.72 Å². The van der Waals surface area contributed by atoms with Crippen LogP contribution in [0.4, 0.5) is 0 Å². The molecule has 0 atom stereocenters. The summed E-state index contributed by atoms with van der Waals surface area (Å²) in [4.78, 5) is 0. The molecule has 5 nitrogen and oxygen atoms in total. The van der Waals surface area contributed by atoms with Crippen molar-refractivity contribution in [3.05, 3.63) is 35.9 Å². The molecule has 3 N–H and O–H groups in total. The van der Waals surface area contributed by atoms with Crippen LogP contribution in [0.25, 0.3) is 0 Å². The lowest BCUT2D eigenvalue weighted by Crippen LogP contribution is -2.42. The molecular formula is C11H19N3O2S. The Balaban J connectivity index is 2.72. The Morgan fingerprint density at radius 3 is 2.47 bits per heavy atom. The monoisotopic (exact) mass is 257 g/mol. The third kappa shape index (κ3) is 4.43. The van der Waals surface area contributed by atoms with E-state index >= 15 is 0 Å². The standard InChI is InChI=1S/C11H19N3O2S/c1-2-14(17(15,16)13-9-8-12)10-11-6-4-3-5-7-11/h3-7,13H,2,8-10,12H2,1H3. The molecule has 0 aliphatic heterocycles. The van der Waals surface area contributed by atoms with E-state index in [1.807, 2.05) is 37.3 Å². The third-order valence-electron chi connectivity index (χ3n) is 2.32. The Hall–Kier alpha value is -0.950. The van der Waals surface area contributed by atoms with Crippen molar-refractivity contribution >= 4 is 10.2 Å². The van der Waals surface area contributed by atoms with Crippen LogP contribution in [0.3, 0.4) is 0 Å². The summed E-state index contributed by atoms with van der Waals surface area (Å²) < 4.78 is 27.6. The van der Waals surface area contributed by atoms with E-state index < -0.39 is 10.2 Å². The van der Waals surface area contributed by atoms with Gasteiger partial charge in [-0.3, -0.25) is 0 Å². The van der Waals surface area contributed by atoms with Crippen LogP contribution >= 0.6 is 0 Å². The number of nitrogens with one attached hydrogen (secondary N) is 1. The van der Waals surface area contributed by atoms with Crippen LogP contribution in [0.15, 0.2) is 30.3 Å². The van der Waals surface area contributed by atoms with Crippen molar-refractivity contribution in [3.8, 4) is 0 Å². The fraction of sp³-hybridized carbons (Fsp3) is 0.455. The molecule has 1 aromatic rings. The van der Waals surface area contributed by atoms with Gasteiger partial charge in [0.2, 0.25) is 0 Å². The maximum atomic E-state index is 11.9. The molecule has 0 saturated carbocycles. The second-order valence-electron chi connectivity index (χ2n) is 3.60. The molecule has 0 heterocycles. The molecule has 0 fully saturated rings. The van der Waals surface area contributed by atoms with Gasteiger partial charge >= 0.3 is 0 Å². The summed E-state index contributed by atoms with van der Waals surface area (Å²) in [6.07, 6.45) is 0. The van der Waals surface area contributed by atoms with Gasteiger partial charge in [-0.05, 0) is 5.56 Å². The summed E-state index contributed by atoms with van der Waals surface area (Å²) in [7, 11) is -3.43. The smallest absolute Gasteiger partial charge is 0.279 e. The summed E-state index contributed by atoms with van der Waals surface area (Å²) in [5.74, 6) is 0. The Morgan fingerprint density at radius 1 is 1.29 bits per heavy atom. The highest BCUT2D eigenvalue weighted by atomic mass is 32.2. The molecule has 17 heavy (non-hydrogen) atoms. The van der Waals surface area contributed by atoms with Gasteiger partial charge in [0, 0.05) is 26.2 Å². The first kappa shape index (κ1) is 14.1. The molecule has 0 aromatic heterocycles. The topological polar surface area (TPSA) is 75.4 Å². The Kier molecular flexibility index (Phi) is 5.57. The molecule has 0 amide bonds. The molecule has 1 aromatic carbocycles. The minimum atomic E-state index is -3.43. The highest BCUT2D eigenvalue weighted by molar-refractivity contribution is 7.87. The van der Waals surface area contributed by atoms with Crippen molar-refractivity contribution in [3.63, 3.8) is 0 Å². The average molecular weight is 257 g/mol. The first-order valence-corrected chi connectivity index (χ1v) is 7.03. The lowest BCUT2D eigenvalue weighted by atomic mass is 10.2. The van der Waals surface area contributed by atoms with Gasteiger partial charge in [-0.15, -0.1) is 0 Å². The van der Waals surface area contributed by atoms with Gasteiger partial charge < -0.3 is 5.73 Å². The van der Waals surface area contributed by atoms with E-state index in [1.165, 1.54) is 4.31 Å². The zero-order chi connectivity index (χ0) is 12.7.